The molecule has 0 N–H and O–H groups in total. The third kappa shape index (κ3) is 4.78. The van der Waals surface area contributed by atoms with Gasteiger partial charge in [-0.05, 0) is 37.1 Å². The molecule has 1 aliphatic carbocycles. The molecule has 1 aromatic carbocycles. The summed E-state index contributed by atoms with van der Waals surface area (Å²) in [4.78, 5) is 46.8. The molecule has 160 valence electrons. The zero-order chi connectivity index (χ0) is 21.1. The normalized spacial score (nSPS) is 22.5. The fourth-order valence-electron chi connectivity index (χ4n) is 4.29. The lowest BCUT2D eigenvalue weighted by atomic mass is 9.92. The largest absolute Gasteiger partial charge is 0.326 e. The van der Waals surface area contributed by atoms with E-state index in [9.17, 15) is 14.4 Å². The van der Waals surface area contributed by atoms with Crippen LogP contribution in [0.4, 0.5) is 5.69 Å². The molecule has 0 aromatic heterocycles. The highest BCUT2D eigenvalue weighted by molar-refractivity contribution is 9.10. The van der Waals surface area contributed by atoms with Crippen molar-refractivity contribution in [2.45, 2.75) is 50.6 Å². The Morgan fingerprint density at radius 2 is 1.93 bits per heavy atom. The second kappa shape index (κ2) is 9.87. The van der Waals surface area contributed by atoms with Gasteiger partial charge < -0.3 is 4.90 Å². The van der Waals surface area contributed by atoms with Crippen LogP contribution >= 0.6 is 39.5 Å². The SMILES string of the molecule is O=C1CC(N(C(=O)CSC2=NCCS2)C2CCCCC2)C(=O)N1c1ccc(Br)cc1. The van der Waals surface area contributed by atoms with Crippen LogP contribution in [0.1, 0.15) is 38.5 Å². The van der Waals surface area contributed by atoms with Crippen LogP contribution in [0.2, 0.25) is 0 Å². The summed E-state index contributed by atoms with van der Waals surface area (Å²) >= 11 is 6.50. The third-order valence-corrected chi connectivity index (χ3v) is 8.44. The fraction of sp³-hybridized carbons (Fsp3) is 0.524. The van der Waals surface area contributed by atoms with Crippen LogP contribution in [0.15, 0.2) is 33.7 Å². The van der Waals surface area contributed by atoms with Gasteiger partial charge in [0.15, 0.2) is 0 Å². The first kappa shape index (κ1) is 21.9. The van der Waals surface area contributed by atoms with Crippen molar-refractivity contribution in [1.29, 1.82) is 0 Å². The van der Waals surface area contributed by atoms with Gasteiger partial charge in [-0.3, -0.25) is 19.4 Å². The maximum atomic E-state index is 13.3. The number of aliphatic imine (C=N–C) groups is 1. The number of anilines is 1. The van der Waals surface area contributed by atoms with E-state index in [0.717, 1.165) is 53.3 Å². The van der Waals surface area contributed by atoms with Gasteiger partial charge in [-0.2, -0.15) is 0 Å². The van der Waals surface area contributed by atoms with E-state index in [0.29, 0.717) is 5.69 Å². The summed E-state index contributed by atoms with van der Waals surface area (Å²) in [6.45, 7) is 0.797. The van der Waals surface area contributed by atoms with Gasteiger partial charge in [-0.1, -0.05) is 58.7 Å². The van der Waals surface area contributed by atoms with Gasteiger partial charge in [0.05, 0.1) is 24.4 Å². The Bertz CT molecular complexity index is 856. The van der Waals surface area contributed by atoms with E-state index in [1.165, 1.54) is 16.7 Å². The summed E-state index contributed by atoms with van der Waals surface area (Å²) in [5.41, 5.74) is 0.554. The van der Waals surface area contributed by atoms with Gasteiger partial charge in [0.25, 0.3) is 5.91 Å². The predicted octanol–water partition coefficient (Wildman–Crippen LogP) is 4.08. The number of hydrogen-bond donors (Lipinski definition) is 0. The molecule has 1 atom stereocenters. The molecule has 4 rings (SSSR count). The Morgan fingerprint density at radius 3 is 2.60 bits per heavy atom. The number of amides is 3. The molecule has 1 aromatic rings. The van der Waals surface area contributed by atoms with Crippen LogP contribution < -0.4 is 4.90 Å². The first-order chi connectivity index (χ1) is 14.5. The summed E-state index contributed by atoms with van der Waals surface area (Å²) < 4.78 is 1.82. The van der Waals surface area contributed by atoms with E-state index < -0.39 is 6.04 Å². The number of hydrogen-bond acceptors (Lipinski definition) is 6. The summed E-state index contributed by atoms with van der Waals surface area (Å²) in [6, 6.07) is 6.43. The minimum Gasteiger partial charge on any atom is -0.326 e. The van der Waals surface area contributed by atoms with Crippen molar-refractivity contribution < 1.29 is 14.4 Å². The quantitative estimate of drug-likeness (QED) is 0.559. The number of benzene rings is 1. The monoisotopic (exact) mass is 509 g/mol. The number of imide groups is 1. The van der Waals surface area contributed by atoms with Crippen LogP contribution in [0.25, 0.3) is 0 Å². The number of carbonyl (C=O) groups is 3. The van der Waals surface area contributed by atoms with Crippen molar-refractivity contribution in [3.63, 3.8) is 0 Å². The van der Waals surface area contributed by atoms with Crippen molar-refractivity contribution in [1.82, 2.24) is 4.90 Å². The Kier molecular flexibility index (Phi) is 7.20. The van der Waals surface area contributed by atoms with Crippen LogP contribution in [0.3, 0.4) is 0 Å². The Morgan fingerprint density at radius 1 is 1.20 bits per heavy atom. The highest BCUT2D eigenvalue weighted by Gasteiger charge is 2.46. The lowest BCUT2D eigenvalue weighted by Gasteiger charge is -2.37. The molecule has 1 saturated heterocycles. The number of thioether (sulfide) groups is 2. The molecular weight excluding hydrogens is 486 g/mol. The minimum atomic E-state index is -0.712. The van der Waals surface area contributed by atoms with E-state index >= 15 is 0 Å². The summed E-state index contributed by atoms with van der Waals surface area (Å²) in [5.74, 6) is 0.619. The van der Waals surface area contributed by atoms with Crippen LogP contribution in [0, 0.1) is 0 Å². The van der Waals surface area contributed by atoms with E-state index in [2.05, 4.69) is 20.9 Å². The van der Waals surface area contributed by atoms with Crippen molar-refractivity contribution in [2.24, 2.45) is 4.99 Å². The lowest BCUT2D eigenvalue weighted by Crippen LogP contribution is -2.52. The maximum Gasteiger partial charge on any atom is 0.257 e. The zero-order valence-corrected chi connectivity index (χ0v) is 19.8. The first-order valence-electron chi connectivity index (χ1n) is 10.3. The topological polar surface area (TPSA) is 70.0 Å². The number of halogens is 1. The Balaban J connectivity index is 1.54. The first-order valence-corrected chi connectivity index (χ1v) is 13.0. The van der Waals surface area contributed by atoms with Crippen LogP contribution in [-0.4, -0.2) is 57.1 Å². The zero-order valence-electron chi connectivity index (χ0n) is 16.6. The van der Waals surface area contributed by atoms with E-state index in [4.69, 9.17) is 0 Å². The number of rotatable bonds is 5. The highest BCUT2D eigenvalue weighted by Crippen LogP contribution is 2.32. The van der Waals surface area contributed by atoms with Crippen molar-refractivity contribution in [3.8, 4) is 0 Å². The summed E-state index contributed by atoms with van der Waals surface area (Å²) in [6.07, 6.45) is 5.09. The molecule has 3 amide bonds. The predicted molar refractivity (Wildman–Crippen MR) is 126 cm³/mol. The van der Waals surface area contributed by atoms with Crippen LogP contribution in [-0.2, 0) is 14.4 Å². The maximum absolute atomic E-state index is 13.3. The molecular formula is C21H24BrN3O3S2. The van der Waals surface area contributed by atoms with Crippen molar-refractivity contribution >= 4 is 67.2 Å². The highest BCUT2D eigenvalue weighted by atomic mass is 79.9. The van der Waals surface area contributed by atoms with Crippen molar-refractivity contribution in [3.05, 3.63) is 28.7 Å². The third-order valence-electron chi connectivity index (χ3n) is 5.68. The van der Waals surface area contributed by atoms with Gasteiger partial charge in [0.1, 0.15) is 10.4 Å². The molecule has 1 saturated carbocycles. The molecule has 9 heteroatoms. The Labute approximate surface area is 193 Å². The van der Waals surface area contributed by atoms with E-state index in [1.807, 2.05) is 12.1 Å². The lowest BCUT2D eigenvalue weighted by molar-refractivity contribution is -0.139. The smallest absolute Gasteiger partial charge is 0.257 e. The average molecular weight is 510 g/mol. The van der Waals surface area contributed by atoms with Gasteiger partial charge in [0, 0.05) is 16.3 Å². The second-order valence-corrected chi connectivity index (χ2v) is 10.9. The van der Waals surface area contributed by atoms with Crippen LogP contribution in [0.5, 0.6) is 0 Å². The van der Waals surface area contributed by atoms with Gasteiger partial charge >= 0.3 is 0 Å². The minimum absolute atomic E-state index is 0.0247. The second-order valence-electron chi connectivity index (χ2n) is 7.64. The van der Waals surface area contributed by atoms with Gasteiger partial charge in [-0.25, -0.2) is 4.90 Å². The number of nitrogens with zero attached hydrogens (tertiary/aromatic N) is 3. The molecule has 2 aliphatic heterocycles. The molecule has 2 fully saturated rings. The van der Waals surface area contributed by atoms with E-state index in [-0.39, 0.29) is 35.9 Å². The fourth-order valence-corrected chi connectivity index (χ4v) is 6.43. The average Bonchev–Trinajstić information content (AvgIpc) is 3.37. The molecule has 1 unspecified atom stereocenters. The molecule has 2 heterocycles. The summed E-state index contributed by atoms with van der Waals surface area (Å²) in [7, 11) is 0. The van der Waals surface area contributed by atoms with E-state index in [1.54, 1.807) is 28.8 Å². The molecule has 0 spiro atoms. The Hall–Kier alpha value is -1.32. The molecule has 6 nitrogen and oxygen atoms in total. The summed E-state index contributed by atoms with van der Waals surface area (Å²) in [5, 5.41) is 0. The molecule has 30 heavy (non-hydrogen) atoms. The van der Waals surface area contributed by atoms with Crippen molar-refractivity contribution in [2.75, 3.05) is 23.0 Å². The molecule has 3 aliphatic rings. The molecule has 0 radical (unpaired) electrons. The number of carbonyl (C=O) groups excluding carboxylic acids is 3. The van der Waals surface area contributed by atoms with Gasteiger partial charge in [0.2, 0.25) is 11.8 Å². The standard InChI is InChI=1S/C21H24BrN3O3S2/c22-14-6-8-16(9-7-14)25-18(26)12-17(20(25)28)24(15-4-2-1-3-5-15)19(27)13-30-21-23-10-11-29-21/h6-9,15,17H,1-5,10-13H2. The van der Waals surface area contributed by atoms with Gasteiger partial charge in [-0.15, -0.1) is 0 Å². The molecule has 0 bridgehead atoms.